The number of likely N-dealkylation sites (N-methyl/N-ethyl adjacent to an activating group) is 1. The van der Waals surface area contributed by atoms with Gasteiger partial charge in [0.05, 0.1) is 18.4 Å². The maximum atomic E-state index is 12.4. The number of hydrogen-bond acceptors (Lipinski definition) is 6. The lowest BCUT2D eigenvalue weighted by atomic mass is 10.0. The average Bonchev–Trinajstić information content (AvgIpc) is 2.97. The Labute approximate surface area is 141 Å². The number of aromatic nitrogens is 3. The highest BCUT2D eigenvalue weighted by Gasteiger charge is 2.38. The monoisotopic (exact) mass is 327 g/mol. The lowest BCUT2D eigenvalue weighted by Crippen LogP contribution is -2.46. The summed E-state index contributed by atoms with van der Waals surface area (Å²) in [6.45, 7) is 3.21. The Hall–Kier alpha value is -2.54. The molecule has 7 nitrogen and oxygen atoms in total. The fraction of sp³-hybridized carbons (Fsp3) is 0.412. The zero-order chi connectivity index (χ0) is 17.2. The lowest BCUT2D eigenvalue weighted by molar-refractivity contribution is 0.0261. The Balaban J connectivity index is 1.64. The van der Waals surface area contributed by atoms with E-state index in [-0.39, 0.29) is 18.1 Å². The van der Waals surface area contributed by atoms with Gasteiger partial charge in [-0.1, -0.05) is 6.07 Å². The topological polar surface area (TPSA) is 82.5 Å². The summed E-state index contributed by atoms with van der Waals surface area (Å²) in [6, 6.07) is 5.70. The summed E-state index contributed by atoms with van der Waals surface area (Å²) in [5, 5.41) is 10.8. The normalized spacial score (nSPS) is 20.2. The molecule has 126 valence electrons. The SMILES string of the molecule is Cc1cnc(C(=O)N(C)C[C@@]2(O)CCN(c3ccccn3)C2)cn1. The minimum atomic E-state index is -0.958. The van der Waals surface area contributed by atoms with Crippen LogP contribution in [-0.2, 0) is 0 Å². The molecule has 1 saturated heterocycles. The molecule has 1 aliphatic rings. The summed E-state index contributed by atoms with van der Waals surface area (Å²) in [5.41, 5.74) is 0.0842. The van der Waals surface area contributed by atoms with E-state index >= 15 is 0 Å². The van der Waals surface area contributed by atoms with E-state index in [0.717, 1.165) is 11.5 Å². The van der Waals surface area contributed by atoms with E-state index in [2.05, 4.69) is 15.0 Å². The third-order valence-corrected chi connectivity index (χ3v) is 4.18. The molecule has 0 unspecified atom stereocenters. The minimum Gasteiger partial charge on any atom is -0.386 e. The number of aliphatic hydroxyl groups is 1. The third-order valence-electron chi connectivity index (χ3n) is 4.18. The van der Waals surface area contributed by atoms with Crippen molar-refractivity contribution in [2.45, 2.75) is 18.9 Å². The number of anilines is 1. The number of hydrogen-bond donors (Lipinski definition) is 1. The van der Waals surface area contributed by atoms with E-state index in [9.17, 15) is 9.90 Å². The van der Waals surface area contributed by atoms with Crippen LogP contribution >= 0.6 is 0 Å². The van der Waals surface area contributed by atoms with Gasteiger partial charge in [-0.15, -0.1) is 0 Å². The van der Waals surface area contributed by atoms with E-state index in [1.54, 1.807) is 19.4 Å². The summed E-state index contributed by atoms with van der Waals surface area (Å²) < 4.78 is 0. The number of rotatable bonds is 4. The van der Waals surface area contributed by atoms with E-state index in [4.69, 9.17) is 0 Å². The summed E-state index contributed by atoms with van der Waals surface area (Å²) in [6.07, 6.45) is 5.35. The van der Waals surface area contributed by atoms with Crippen LogP contribution in [0.2, 0.25) is 0 Å². The van der Waals surface area contributed by atoms with Crippen LogP contribution in [0.3, 0.4) is 0 Å². The first-order valence-corrected chi connectivity index (χ1v) is 7.89. The Morgan fingerprint density at radius 1 is 1.33 bits per heavy atom. The molecule has 7 heteroatoms. The second-order valence-corrected chi connectivity index (χ2v) is 6.29. The van der Waals surface area contributed by atoms with Gasteiger partial charge in [0.1, 0.15) is 17.1 Å². The van der Waals surface area contributed by atoms with E-state index in [0.29, 0.717) is 19.5 Å². The molecular weight excluding hydrogens is 306 g/mol. The molecule has 0 saturated carbocycles. The van der Waals surface area contributed by atoms with Gasteiger partial charge in [-0.3, -0.25) is 9.78 Å². The second kappa shape index (κ2) is 6.52. The van der Waals surface area contributed by atoms with Crippen molar-refractivity contribution in [1.82, 2.24) is 19.9 Å². The lowest BCUT2D eigenvalue weighted by Gasteiger charge is -2.29. The molecule has 0 spiro atoms. The number of β-amino-alcohol motifs (C(OH)–C–C–N with tert-alkyl or cyclic N) is 1. The van der Waals surface area contributed by atoms with Crippen LogP contribution in [0, 0.1) is 6.92 Å². The number of carbonyl (C=O) groups excluding carboxylic acids is 1. The molecule has 1 N–H and O–H groups in total. The standard InChI is InChI=1S/C17H21N5O2/c1-13-9-20-14(10-19-13)16(23)21(2)11-17(24)6-8-22(12-17)15-5-3-4-7-18-15/h3-5,7,9-10,24H,6,8,11-12H2,1-2H3/t17-/m0/s1. The van der Waals surface area contributed by atoms with Crippen molar-refractivity contribution < 1.29 is 9.90 Å². The van der Waals surface area contributed by atoms with Gasteiger partial charge in [0, 0.05) is 32.5 Å². The quantitative estimate of drug-likeness (QED) is 0.898. The first-order valence-electron chi connectivity index (χ1n) is 7.89. The van der Waals surface area contributed by atoms with Gasteiger partial charge in [0.2, 0.25) is 0 Å². The Morgan fingerprint density at radius 2 is 2.17 bits per heavy atom. The molecule has 24 heavy (non-hydrogen) atoms. The minimum absolute atomic E-state index is 0.241. The molecular formula is C17H21N5O2. The van der Waals surface area contributed by atoms with E-state index < -0.39 is 5.60 Å². The Kier molecular flexibility index (Phi) is 4.44. The maximum absolute atomic E-state index is 12.4. The van der Waals surface area contributed by atoms with Crippen LogP contribution in [0.15, 0.2) is 36.8 Å². The summed E-state index contributed by atoms with van der Waals surface area (Å²) in [7, 11) is 1.67. The van der Waals surface area contributed by atoms with Crippen LogP contribution in [0.1, 0.15) is 22.6 Å². The Bertz CT molecular complexity index is 707. The van der Waals surface area contributed by atoms with Gasteiger partial charge in [0.25, 0.3) is 5.91 Å². The van der Waals surface area contributed by atoms with Gasteiger partial charge in [-0.25, -0.2) is 9.97 Å². The van der Waals surface area contributed by atoms with Crippen molar-refractivity contribution in [2.75, 3.05) is 31.6 Å². The molecule has 1 fully saturated rings. The molecule has 0 aliphatic carbocycles. The van der Waals surface area contributed by atoms with Gasteiger partial charge < -0.3 is 14.9 Å². The number of nitrogens with zero attached hydrogens (tertiary/aromatic N) is 5. The first-order chi connectivity index (χ1) is 11.5. The molecule has 2 aromatic heterocycles. The summed E-state index contributed by atoms with van der Waals surface area (Å²) in [4.78, 5) is 28.5. The largest absolute Gasteiger partial charge is 0.386 e. The van der Waals surface area contributed by atoms with Crippen LogP contribution < -0.4 is 4.90 Å². The number of carbonyl (C=O) groups is 1. The number of pyridine rings is 1. The third kappa shape index (κ3) is 3.51. The molecule has 3 rings (SSSR count). The van der Waals surface area contributed by atoms with Crippen LogP contribution in [0.5, 0.6) is 0 Å². The highest BCUT2D eigenvalue weighted by Crippen LogP contribution is 2.26. The van der Waals surface area contributed by atoms with Crippen LogP contribution in [-0.4, -0.2) is 63.1 Å². The summed E-state index contributed by atoms with van der Waals surface area (Å²) >= 11 is 0. The van der Waals surface area contributed by atoms with Crippen molar-refractivity contribution >= 4 is 11.7 Å². The molecule has 0 aromatic carbocycles. The van der Waals surface area contributed by atoms with Gasteiger partial charge in [-0.2, -0.15) is 0 Å². The molecule has 1 atom stereocenters. The second-order valence-electron chi connectivity index (χ2n) is 6.29. The fourth-order valence-corrected chi connectivity index (χ4v) is 2.93. The van der Waals surface area contributed by atoms with Crippen molar-refractivity contribution in [3.63, 3.8) is 0 Å². The van der Waals surface area contributed by atoms with E-state index in [1.165, 1.54) is 11.1 Å². The molecule has 1 amide bonds. The zero-order valence-corrected chi connectivity index (χ0v) is 13.9. The van der Waals surface area contributed by atoms with Gasteiger partial charge in [0.15, 0.2) is 0 Å². The van der Waals surface area contributed by atoms with Gasteiger partial charge in [-0.05, 0) is 25.5 Å². The smallest absolute Gasteiger partial charge is 0.273 e. The zero-order valence-electron chi connectivity index (χ0n) is 13.9. The number of aryl methyl sites for hydroxylation is 1. The predicted molar refractivity (Wildman–Crippen MR) is 89.7 cm³/mol. The van der Waals surface area contributed by atoms with Crippen molar-refractivity contribution in [3.05, 3.63) is 48.2 Å². The average molecular weight is 327 g/mol. The van der Waals surface area contributed by atoms with Crippen molar-refractivity contribution in [3.8, 4) is 0 Å². The molecule has 1 aliphatic heterocycles. The maximum Gasteiger partial charge on any atom is 0.273 e. The molecule has 0 radical (unpaired) electrons. The molecule has 0 bridgehead atoms. The Morgan fingerprint density at radius 3 is 2.83 bits per heavy atom. The molecule has 2 aromatic rings. The van der Waals surface area contributed by atoms with Crippen molar-refractivity contribution in [2.24, 2.45) is 0 Å². The van der Waals surface area contributed by atoms with Crippen molar-refractivity contribution in [1.29, 1.82) is 0 Å². The highest BCUT2D eigenvalue weighted by atomic mass is 16.3. The highest BCUT2D eigenvalue weighted by molar-refractivity contribution is 5.91. The summed E-state index contributed by atoms with van der Waals surface area (Å²) in [5.74, 6) is 0.596. The first kappa shape index (κ1) is 16.3. The number of amides is 1. The molecule has 3 heterocycles. The fourth-order valence-electron chi connectivity index (χ4n) is 2.93. The van der Waals surface area contributed by atoms with Gasteiger partial charge >= 0.3 is 0 Å². The van der Waals surface area contributed by atoms with Crippen LogP contribution in [0.4, 0.5) is 5.82 Å². The van der Waals surface area contributed by atoms with Crippen LogP contribution in [0.25, 0.3) is 0 Å². The van der Waals surface area contributed by atoms with E-state index in [1.807, 2.05) is 30.0 Å². The predicted octanol–water partition coefficient (Wildman–Crippen LogP) is 0.893.